The number of terminal acetylenes is 1. The summed E-state index contributed by atoms with van der Waals surface area (Å²) in [7, 11) is 0. The number of hydrogen-bond acceptors (Lipinski definition) is 1. The van der Waals surface area contributed by atoms with Gasteiger partial charge in [-0.1, -0.05) is 44.2 Å². The highest BCUT2D eigenvalue weighted by Crippen LogP contribution is 2.35. The summed E-state index contributed by atoms with van der Waals surface area (Å²) < 4.78 is 0. The van der Waals surface area contributed by atoms with Gasteiger partial charge in [0.05, 0.1) is 0 Å². The summed E-state index contributed by atoms with van der Waals surface area (Å²) in [5.74, 6) is 2.69. The maximum absolute atomic E-state index is 6.27. The van der Waals surface area contributed by atoms with Crippen LogP contribution >= 0.6 is 0 Å². The van der Waals surface area contributed by atoms with Crippen LogP contribution < -0.4 is 5.73 Å². The Morgan fingerprint density at radius 2 is 1.81 bits per heavy atom. The zero-order valence-corrected chi connectivity index (χ0v) is 10.2. The molecule has 0 aliphatic rings. The van der Waals surface area contributed by atoms with Crippen LogP contribution in [-0.4, -0.2) is 6.04 Å². The van der Waals surface area contributed by atoms with Gasteiger partial charge in [-0.3, -0.25) is 0 Å². The molecule has 16 heavy (non-hydrogen) atoms. The Bertz CT molecular complexity index is 343. The van der Waals surface area contributed by atoms with Crippen molar-refractivity contribution in [1.29, 1.82) is 0 Å². The maximum atomic E-state index is 6.27. The van der Waals surface area contributed by atoms with Gasteiger partial charge in [-0.25, -0.2) is 0 Å². The highest BCUT2D eigenvalue weighted by Gasteiger charge is 2.34. The first-order valence-electron chi connectivity index (χ1n) is 5.95. The topological polar surface area (TPSA) is 26.0 Å². The lowest BCUT2D eigenvalue weighted by molar-refractivity contribution is 0.320. The second-order valence-corrected chi connectivity index (χ2v) is 4.24. The number of nitrogens with two attached hydrogens (primary N) is 1. The molecule has 1 heteroatoms. The lowest BCUT2D eigenvalue weighted by Gasteiger charge is -2.37. The van der Waals surface area contributed by atoms with E-state index >= 15 is 0 Å². The van der Waals surface area contributed by atoms with Gasteiger partial charge in [0.1, 0.15) is 0 Å². The minimum atomic E-state index is 0.0215. The first-order valence-corrected chi connectivity index (χ1v) is 5.95. The minimum absolute atomic E-state index is 0.0215. The molecule has 2 N–H and O–H groups in total. The van der Waals surface area contributed by atoms with E-state index in [1.165, 1.54) is 5.56 Å². The Labute approximate surface area is 99.1 Å². The van der Waals surface area contributed by atoms with Gasteiger partial charge in [0.2, 0.25) is 0 Å². The van der Waals surface area contributed by atoms with Crippen LogP contribution in [0.1, 0.15) is 38.7 Å². The van der Waals surface area contributed by atoms with Gasteiger partial charge in [-0.05, 0) is 18.4 Å². The zero-order chi connectivity index (χ0) is 12.0. The SMILES string of the molecule is C#CCC(N)C(CC)(CC)c1ccccc1. The summed E-state index contributed by atoms with van der Waals surface area (Å²) in [6.07, 6.45) is 8.07. The molecule has 1 aromatic rings. The van der Waals surface area contributed by atoms with Crippen molar-refractivity contribution in [2.45, 2.75) is 44.6 Å². The molecule has 0 radical (unpaired) electrons. The van der Waals surface area contributed by atoms with Crippen molar-refractivity contribution < 1.29 is 0 Å². The summed E-state index contributed by atoms with van der Waals surface area (Å²) in [6, 6.07) is 10.5. The molecule has 86 valence electrons. The van der Waals surface area contributed by atoms with E-state index in [4.69, 9.17) is 12.2 Å². The summed E-state index contributed by atoms with van der Waals surface area (Å²) in [4.78, 5) is 0. The zero-order valence-electron chi connectivity index (χ0n) is 10.2. The van der Waals surface area contributed by atoms with Gasteiger partial charge in [0, 0.05) is 17.9 Å². The van der Waals surface area contributed by atoms with Gasteiger partial charge in [-0.15, -0.1) is 12.3 Å². The van der Waals surface area contributed by atoms with Gasteiger partial charge < -0.3 is 5.73 Å². The molecule has 0 aliphatic heterocycles. The molecule has 0 saturated heterocycles. The molecule has 0 bridgehead atoms. The highest BCUT2D eigenvalue weighted by molar-refractivity contribution is 5.28. The second-order valence-electron chi connectivity index (χ2n) is 4.24. The second kappa shape index (κ2) is 5.72. The van der Waals surface area contributed by atoms with E-state index < -0.39 is 0 Å². The van der Waals surface area contributed by atoms with Crippen molar-refractivity contribution in [1.82, 2.24) is 0 Å². The monoisotopic (exact) mass is 215 g/mol. The molecular formula is C15H21N. The molecule has 1 unspecified atom stereocenters. The van der Waals surface area contributed by atoms with E-state index in [0.29, 0.717) is 6.42 Å². The lowest BCUT2D eigenvalue weighted by atomic mass is 9.69. The molecule has 0 heterocycles. The highest BCUT2D eigenvalue weighted by atomic mass is 14.7. The van der Waals surface area contributed by atoms with E-state index in [9.17, 15) is 0 Å². The Morgan fingerprint density at radius 3 is 2.25 bits per heavy atom. The number of hydrogen-bond donors (Lipinski definition) is 1. The van der Waals surface area contributed by atoms with Crippen molar-refractivity contribution in [2.75, 3.05) is 0 Å². The molecule has 0 amide bonds. The van der Waals surface area contributed by atoms with Gasteiger partial charge >= 0.3 is 0 Å². The van der Waals surface area contributed by atoms with Crippen LogP contribution in [0.5, 0.6) is 0 Å². The summed E-state index contributed by atoms with van der Waals surface area (Å²) >= 11 is 0. The van der Waals surface area contributed by atoms with E-state index in [2.05, 4.69) is 44.0 Å². The largest absolute Gasteiger partial charge is 0.326 e. The van der Waals surface area contributed by atoms with Crippen LogP contribution in [0.15, 0.2) is 30.3 Å². The minimum Gasteiger partial charge on any atom is -0.326 e. The van der Waals surface area contributed by atoms with Crippen molar-refractivity contribution >= 4 is 0 Å². The first kappa shape index (κ1) is 12.8. The van der Waals surface area contributed by atoms with Crippen molar-refractivity contribution in [3.63, 3.8) is 0 Å². The third-order valence-electron chi connectivity index (χ3n) is 3.66. The van der Waals surface area contributed by atoms with Crippen LogP contribution in [0.25, 0.3) is 0 Å². The quantitative estimate of drug-likeness (QED) is 0.750. The molecule has 1 aromatic carbocycles. The average molecular weight is 215 g/mol. The fraction of sp³-hybridized carbons (Fsp3) is 0.467. The summed E-state index contributed by atoms with van der Waals surface area (Å²) in [5.41, 5.74) is 7.60. The maximum Gasteiger partial charge on any atom is 0.0247 e. The van der Waals surface area contributed by atoms with Crippen LogP contribution in [0.4, 0.5) is 0 Å². The van der Waals surface area contributed by atoms with Crippen molar-refractivity contribution in [2.24, 2.45) is 5.73 Å². The van der Waals surface area contributed by atoms with Gasteiger partial charge in [0.25, 0.3) is 0 Å². The van der Waals surface area contributed by atoms with E-state index in [0.717, 1.165) is 12.8 Å². The molecule has 0 saturated carbocycles. The van der Waals surface area contributed by atoms with Crippen LogP contribution in [0.2, 0.25) is 0 Å². The normalized spacial score (nSPS) is 13.1. The predicted molar refractivity (Wildman–Crippen MR) is 70.1 cm³/mol. The fourth-order valence-corrected chi connectivity index (χ4v) is 2.49. The smallest absolute Gasteiger partial charge is 0.0247 e. The fourth-order valence-electron chi connectivity index (χ4n) is 2.49. The lowest BCUT2D eigenvalue weighted by Crippen LogP contribution is -2.44. The number of rotatable bonds is 5. The summed E-state index contributed by atoms with van der Waals surface area (Å²) in [5, 5.41) is 0. The summed E-state index contributed by atoms with van der Waals surface area (Å²) in [6.45, 7) is 4.37. The predicted octanol–water partition coefficient (Wildman–Crippen LogP) is 3.10. The van der Waals surface area contributed by atoms with Crippen LogP contribution in [-0.2, 0) is 5.41 Å². The molecule has 0 aliphatic carbocycles. The Morgan fingerprint density at radius 1 is 1.25 bits per heavy atom. The van der Waals surface area contributed by atoms with Gasteiger partial charge in [0.15, 0.2) is 0 Å². The van der Waals surface area contributed by atoms with E-state index in [1.54, 1.807) is 0 Å². The van der Waals surface area contributed by atoms with Crippen molar-refractivity contribution in [3.05, 3.63) is 35.9 Å². The Hall–Kier alpha value is -1.26. The number of benzene rings is 1. The standard InChI is InChI=1S/C15H21N/c1-4-10-14(16)15(5-2,6-3)13-11-8-7-9-12-13/h1,7-9,11-12,14H,5-6,10,16H2,2-3H3. The Balaban J connectivity index is 3.11. The Kier molecular flexibility index (Phi) is 4.58. The third kappa shape index (κ3) is 2.28. The average Bonchev–Trinajstić information content (AvgIpc) is 2.33. The van der Waals surface area contributed by atoms with Crippen molar-refractivity contribution in [3.8, 4) is 12.3 Å². The molecule has 1 atom stereocenters. The van der Waals surface area contributed by atoms with E-state index in [-0.39, 0.29) is 11.5 Å². The van der Waals surface area contributed by atoms with E-state index in [1.807, 2.05) is 6.07 Å². The van der Waals surface area contributed by atoms with Crippen LogP contribution in [0.3, 0.4) is 0 Å². The molecule has 0 fully saturated rings. The molecular weight excluding hydrogens is 194 g/mol. The van der Waals surface area contributed by atoms with Crippen LogP contribution in [0, 0.1) is 12.3 Å². The first-order chi connectivity index (χ1) is 7.71. The third-order valence-corrected chi connectivity index (χ3v) is 3.66. The molecule has 0 aromatic heterocycles. The molecule has 0 spiro atoms. The molecule has 1 rings (SSSR count). The molecule has 1 nitrogen and oxygen atoms in total. The van der Waals surface area contributed by atoms with Gasteiger partial charge in [-0.2, -0.15) is 0 Å².